The molecule has 0 aliphatic rings. The number of fused-ring (bicyclic) bond motifs is 1. The van der Waals surface area contributed by atoms with Crippen LogP contribution in [0, 0.1) is 0 Å². The standard InChI is InChI=1S/C15H13N3O2/c19-15(20)14-12-7-4-10-16-18(12)13(17-14)9-8-11-5-2-1-3-6-11/h1-7,10H,8-9H2,(H,19,20). The second-order valence-corrected chi connectivity index (χ2v) is 4.49. The lowest BCUT2D eigenvalue weighted by molar-refractivity contribution is 0.0693. The van der Waals surface area contributed by atoms with Crippen molar-refractivity contribution in [1.29, 1.82) is 0 Å². The van der Waals surface area contributed by atoms with Crippen molar-refractivity contribution < 1.29 is 9.90 Å². The molecule has 0 atom stereocenters. The number of aromatic carboxylic acids is 1. The molecule has 20 heavy (non-hydrogen) atoms. The van der Waals surface area contributed by atoms with Crippen LogP contribution in [0.5, 0.6) is 0 Å². The molecule has 2 heterocycles. The molecule has 0 aliphatic carbocycles. The van der Waals surface area contributed by atoms with Gasteiger partial charge in [0, 0.05) is 12.6 Å². The Balaban J connectivity index is 1.94. The highest BCUT2D eigenvalue weighted by atomic mass is 16.4. The summed E-state index contributed by atoms with van der Waals surface area (Å²) >= 11 is 0. The van der Waals surface area contributed by atoms with E-state index in [1.54, 1.807) is 22.8 Å². The monoisotopic (exact) mass is 267 g/mol. The Hall–Kier alpha value is -2.69. The molecule has 3 rings (SSSR count). The summed E-state index contributed by atoms with van der Waals surface area (Å²) in [5.74, 6) is -0.358. The molecule has 3 aromatic rings. The molecular weight excluding hydrogens is 254 g/mol. The lowest BCUT2D eigenvalue weighted by atomic mass is 10.1. The van der Waals surface area contributed by atoms with Crippen LogP contribution < -0.4 is 0 Å². The van der Waals surface area contributed by atoms with E-state index in [-0.39, 0.29) is 5.69 Å². The third kappa shape index (κ3) is 2.25. The highest BCUT2D eigenvalue weighted by Crippen LogP contribution is 2.13. The van der Waals surface area contributed by atoms with Crippen molar-refractivity contribution >= 4 is 11.5 Å². The van der Waals surface area contributed by atoms with Gasteiger partial charge in [-0.15, -0.1) is 0 Å². The maximum Gasteiger partial charge on any atom is 0.356 e. The predicted octanol–water partition coefficient (Wildman–Crippen LogP) is 2.21. The number of nitrogens with zero attached hydrogens (tertiary/aromatic N) is 3. The summed E-state index contributed by atoms with van der Waals surface area (Å²) in [4.78, 5) is 15.4. The fraction of sp³-hybridized carbons (Fsp3) is 0.133. The number of hydrogen-bond acceptors (Lipinski definition) is 3. The molecule has 0 fully saturated rings. The van der Waals surface area contributed by atoms with Crippen molar-refractivity contribution in [2.75, 3.05) is 0 Å². The first-order chi connectivity index (χ1) is 9.75. The number of benzene rings is 1. The maximum absolute atomic E-state index is 11.2. The molecule has 0 unspecified atom stereocenters. The summed E-state index contributed by atoms with van der Waals surface area (Å²) in [6.07, 6.45) is 3.08. The van der Waals surface area contributed by atoms with Gasteiger partial charge in [-0.1, -0.05) is 30.3 Å². The van der Waals surface area contributed by atoms with E-state index in [1.807, 2.05) is 30.3 Å². The van der Waals surface area contributed by atoms with Gasteiger partial charge in [0.25, 0.3) is 0 Å². The van der Waals surface area contributed by atoms with Gasteiger partial charge in [-0.2, -0.15) is 5.10 Å². The van der Waals surface area contributed by atoms with E-state index in [1.165, 1.54) is 5.56 Å². The molecule has 0 bridgehead atoms. The van der Waals surface area contributed by atoms with Gasteiger partial charge in [0.15, 0.2) is 5.69 Å². The van der Waals surface area contributed by atoms with Gasteiger partial charge in [-0.3, -0.25) is 0 Å². The fourth-order valence-corrected chi connectivity index (χ4v) is 2.21. The lowest BCUT2D eigenvalue weighted by Gasteiger charge is -2.00. The Bertz CT molecular complexity index is 750. The zero-order valence-electron chi connectivity index (χ0n) is 10.7. The first kappa shape index (κ1) is 12.3. The Kier molecular flexibility index (Phi) is 3.16. The summed E-state index contributed by atoms with van der Waals surface area (Å²) < 4.78 is 1.60. The minimum Gasteiger partial charge on any atom is -0.476 e. The van der Waals surface area contributed by atoms with E-state index in [0.29, 0.717) is 17.8 Å². The molecular formula is C15H13N3O2. The number of rotatable bonds is 4. The molecule has 0 saturated carbocycles. The van der Waals surface area contributed by atoms with Crippen LogP contribution in [0.4, 0.5) is 0 Å². The van der Waals surface area contributed by atoms with Crippen LogP contribution in [0.1, 0.15) is 21.9 Å². The molecule has 0 aliphatic heterocycles. The molecule has 1 N–H and O–H groups in total. The van der Waals surface area contributed by atoms with Gasteiger partial charge in [-0.25, -0.2) is 14.3 Å². The maximum atomic E-state index is 11.2. The molecule has 100 valence electrons. The lowest BCUT2D eigenvalue weighted by Crippen LogP contribution is -2.00. The highest BCUT2D eigenvalue weighted by molar-refractivity contribution is 5.93. The molecule has 5 nitrogen and oxygen atoms in total. The van der Waals surface area contributed by atoms with E-state index < -0.39 is 5.97 Å². The topological polar surface area (TPSA) is 67.5 Å². The van der Waals surface area contributed by atoms with Gasteiger partial charge in [0.05, 0.1) is 5.52 Å². The number of carboxylic acids is 1. The molecule has 0 radical (unpaired) electrons. The Morgan fingerprint density at radius 3 is 2.65 bits per heavy atom. The van der Waals surface area contributed by atoms with Crippen molar-refractivity contribution in [2.45, 2.75) is 12.8 Å². The van der Waals surface area contributed by atoms with E-state index in [9.17, 15) is 9.90 Å². The van der Waals surface area contributed by atoms with Crippen LogP contribution in [0.3, 0.4) is 0 Å². The SMILES string of the molecule is O=C(O)c1nc(CCc2ccccc2)n2ncccc12. The van der Waals surface area contributed by atoms with E-state index in [0.717, 1.165) is 6.42 Å². The number of aromatic nitrogens is 3. The minimum atomic E-state index is -1.03. The molecule has 1 aromatic carbocycles. The van der Waals surface area contributed by atoms with Crippen molar-refractivity contribution in [3.63, 3.8) is 0 Å². The highest BCUT2D eigenvalue weighted by Gasteiger charge is 2.16. The summed E-state index contributed by atoms with van der Waals surface area (Å²) in [6.45, 7) is 0. The Morgan fingerprint density at radius 2 is 1.90 bits per heavy atom. The Morgan fingerprint density at radius 1 is 1.10 bits per heavy atom. The largest absolute Gasteiger partial charge is 0.476 e. The van der Waals surface area contributed by atoms with Crippen molar-refractivity contribution in [3.05, 3.63) is 65.7 Å². The normalized spacial score (nSPS) is 10.8. The fourth-order valence-electron chi connectivity index (χ4n) is 2.21. The third-order valence-corrected chi connectivity index (χ3v) is 3.16. The van der Waals surface area contributed by atoms with Gasteiger partial charge in [0.1, 0.15) is 5.82 Å². The quantitative estimate of drug-likeness (QED) is 0.787. The van der Waals surface area contributed by atoms with E-state index in [2.05, 4.69) is 10.1 Å². The van der Waals surface area contributed by atoms with Gasteiger partial charge < -0.3 is 5.11 Å². The van der Waals surface area contributed by atoms with Crippen molar-refractivity contribution in [2.24, 2.45) is 0 Å². The number of hydrogen-bond donors (Lipinski definition) is 1. The molecule has 0 amide bonds. The molecule has 0 saturated heterocycles. The molecule has 2 aromatic heterocycles. The van der Waals surface area contributed by atoms with Gasteiger partial charge in [0.2, 0.25) is 0 Å². The van der Waals surface area contributed by atoms with Crippen LogP contribution in [0.25, 0.3) is 5.52 Å². The second-order valence-electron chi connectivity index (χ2n) is 4.49. The summed E-state index contributed by atoms with van der Waals surface area (Å²) in [5, 5.41) is 13.4. The van der Waals surface area contributed by atoms with Crippen LogP contribution >= 0.6 is 0 Å². The van der Waals surface area contributed by atoms with Crippen LogP contribution in [-0.2, 0) is 12.8 Å². The number of aryl methyl sites for hydroxylation is 2. The van der Waals surface area contributed by atoms with Crippen molar-refractivity contribution in [3.8, 4) is 0 Å². The third-order valence-electron chi connectivity index (χ3n) is 3.16. The van der Waals surface area contributed by atoms with Crippen LogP contribution in [-0.4, -0.2) is 25.7 Å². The number of carboxylic acid groups (broad SMARTS) is 1. The summed E-state index contributed by atoms with van der Waals surface area (Å²) in [5.41, 5.74) is 1.78. The van der Waals surface area contributed by atoms with Gasteiger partial charge in [-0.05, 0) is 24.1 Å². The average molecular weight is 267 g/mol. The molecule has 5 heteroatoms. The van der Waals surface area contributed by atoms with Crippen LogP contribution in [0.15, 0.2) is 48.7 Å². The zero-order chi connectivity index (χ0) is 13.9. The smallest absolute Gasteiger partial charge is 0.356 e. The predicted molar refractivity (Wildman–Crippen MR) is 73.8 cm³/mol. The first-order valence-electron chi connectivity index (χ1n) is 6.35. The average Bonchev–Trinajstić information content (AvgIpc) is 2.85. The Labute approximate surface area is 115 Å². The zero-order valence-corrected chi connectivity index (χ0v) is 10.7. The van der Waals surface area contributed by atoms with E-state index >= 15 is 0 Å². The van der Waals surface area contributed by atoms with E-state index in [4.69, 9.17) is 0 Å². The summed E-state index contributed by atoms with van der Waals surface area (Å²) in [6, 6.07) is 13.5. The van der Waals surface area contributed by atoms with Crippen LogP contribution in [0.2, 0.25) is 0 Å². The second kappa shape index (κ2) is 5.13. The van der Waals surface area contributed by atoms with Gasteiger partial charge >= 0.3 is 5.97 Å². The number of imidazole rings is 1. The minimum absolute atomic E-state index is 0.0566. The number of carbonyl (C=O) groups is 1. The molecule has 0 spiro atoms. The first-order valence-corrected chi connectivity index (χ1v) is 6.35. The summed E-state index contributed by atoms with van der Waals surface area (Å²) in [7, 11) is 0. The van der Waals surface area contributed by atoms with Crippen molar-refractivity contribution in [1.82, 2.24) is 14.6 Å².